The lowest BCUT2D eigenvalue weighted by molar-refractivity contribution is -0.139. The van der Waals surface area contributed by atoms with E-state index in [1.54, 1.807) is 24.3 Å². The van der Waals surface area contributed by atoms with E-state index < -0.39 is 24.4 Å². The minimum atomic E-state index is -1.12. The van der Waals surface area contributed by atoms with E-state index >= 15 is 0 Å². The molecule has 0 heterocycles. The largest absolute Gasteiger partial charge is 0.493 e. The summed E-state index contributed by atoms with van der Waals surface area (Å²) < 4.78 is 20.8. The second kappa shape index (κ2) is 11.8. The number of carbonyl (C=O) groups is 3. The second-order valence-electron chi connectivity index (χ2n) is 6.11. The summed E-state index contributed by atoms with van der Waals surface area (Å²) >= 11 is 0. The van der Waals surface area contributed by atoms with Gasteiger partial charge in [0.1, 0.15) is 5.75 Å². The van der Waals surface area contributed by atoms with Crippen LogP contribution in [0.1, 0.15) is 15.9 Å². The normalized spacial score (nSPS) is 10.3. The number of methoxy groups -OCH3 is 3. The fraction of sp³-hybridized carbons (Fsp3) is 0.238. The average molecular weight is 445 g/mol. The first-order valence-corrected chi connectivity index (χ1v) is 9.23. The molecule has 32 heavy (non-hydrogen) atoms. The number of carbonyl (C=O) groups excluding carboxylic acids is 2. The van der Waals surface area contributed by atoms with Crippen molar-refractivity contribution in [1.29, 1.82) is 0 Å². The predicted molar refractivity (Wildman–Crippen MR) is 114 cm³/mol. The molecule has 0 radical (unpaired) electrons. The number of amides is 2. The van der Waals surface area contributed by atoms with Crippen molar-refractivity contribution >= 4 is 24.0 Å². The highest BCUT2D eigenvalue weighted by molar-refractivity contribution is 5.97. The molecule has 2 aromatic carbocycles. The van der Waals surface area contributed by atoms with Gasteiger partial charge in [-0.3, -0.25) is 9.59 Å². The summed E-state index contributed by atoms with van der Waals surface area (Å²) in [6, 6.07) is 9.50. The summed E-state index contributed by atoms with van der Waals surface area (Å²) in [6.07, 6.45) is 1.30. The summed E-state index contributed by atoms with van der Waals surface area (Å²) in [5.41, 5.74) is 2.94. The van der Waals surface area contributed by atoms with Crippen molar-refractivity contribution in [2.75, 3.05) is 34.5 Å². The number of carboxylic acids is 1. The lowest BCUT2D eigenvalue weighted by Gasteiger charge is -2.14. The van der Waals surface area contributed by atoms with Gasteiger partial charge in [0, 0.05) is 11.1 Å². The molecule has 0 saturated carbocycles. The van der Waals surface area contributed by atoms with Crippen molar-refractivity contribution in [2.24, 2.45) is 5.10 Å². The summed E-state index contributed by atoms with van der Waals surface area (Å²) in [4.78, 5) is 35.1. The molecule has 2 amide bonds. The van der Waals surface area contributed by atoms with Crippen LogP contribution in [0.3, 0.4) is 0 Å². The maximum Gasteiger partial charge on any atom is 0.341 e. The number of benzene rings is 2. The highest BCUT2D eigenvalue weighted by Crippen LogP contribution is 2.38. The summed E-state index contributed by atoms with van der Waals surface area (Å²) in [5.74, 6) is -0.992. The Hall–Kier alpha value is -4.28. The van der Waals surface area contributed by atoms with Gasteiger partial charge in [-0.15, -0.1) is 0 Å². The Bertz CT molecular complexity index is 981. The van der Waals surface area contributed by atoms with Crippen molar-refractivity contribution in [3.63, 3.8) is 0 Å². The summed E-state index contributed by atoms with van der Waals surface area (Å²) in [5, 5.41) is 15.0. The molecule has 0 spiro atoms. The summed E-state index contributed by atoms with van der Waals surface area (Å²) in [6.45, 7) is -0.853. The molecule has 0 aromatic heterocycles. The quantitative estimate of drug-likeness (QED) is 0.344. The zero-order valence-corrected chi connectivity index (χ0v) is 17.7. The van der Waals surface area contributed by atoms with E-state index in [-0.39, 0.29) is 12.1 Å². The molecule has 0 saturated heterocycles. The van der Waals surface area contributed by atoms with Crippen LogP contribution in [-0.2, 0) is 9.59 Å². The van der Waals surface area contributed by atoms with Gasteiger partial charge in [-0.25, -0.2) is 10.2 Å². The Balaban J connectivity index is 1.95. The van der Waals surface area contributed by atoms with Crippen LogP contribution in [0.15, 0.2) is 41.5 Å². The van der Waals surface area contributed by atoms with Gasteiger partial charge < -0.3 is 29.4 Å². The van der Waals surface area contributed by atoms with Crippen molar-refractivity contribution < 1.29 is 38.4 Å². The molecule has 0 bridgehead atoms. The molecule has 3 N–H and O–H groups in total. The number of nitrogens with one attached hydrogen (secondary N) is 2. The molecule has 0 aliphatic carbocycles. The van der Waals surface area contributed by atoms with Gasteiger partial charge in [0.2, 0.25) is 5.75 Å². The van der Waals surface area contributed by atoms with E-state index in [9.17, 15) is 14.4 Å². The standard InChI is InChI=1S/C21H23N3O8/c1-29-16-8-14(9-17(30-2)20(16)31-3)21(28)22-11-18(25)24-23-10-13-6-4-5-7-15(13)32-12-19(26)27/h4-10H,11-12H2,1-3H3,(H,22,28)(H,24,25)(H,26,27)/b23-10-. The molecular weight excluding hydrogens is 422 g/mol. The summed E-state index contributed by atoms with van der Waals surface area (Å²) in [7, 11) is 4.30. The first-order valence-electron chi connectivity index (χ1n) is 9.23. The highest BCUT2D eigenvalue weighted by atomic mass is 16.5. The maximum atomic E-state index is 12.4. The van der Waals surface area contributed by atoms with Crippen molar-refractivity contribution in [1.82, 2.24) is 10.7 Å². The Morgan fingerprint density at radius 1 is 1.00 bits per heavy atom. The Labute approximate surface area is 183 Å². The van der Waals surface area contributed by atoms with Crippen LogP contribution in [0.25, 0.3) is 0 Å². The molecule has 0 aliphatic heterocycles. The van der Waals surface area contributed by atoms with Gasteiger partial charge in [-0.2, -0.15) is 5.10 Å². The van der Waals surface area contributed by atoms with Crippen molar-refractivity contribution in [2.45, 2.75) is 0 Å². The van der Waals surface area contributed by atoms with E-state index in [0.29, 0.717) is 28.6 Å². The maximum absolute atomic E-state index is 12.4. The van der Waals surface area contributed by atoms with Gasteiger partial charge in [-0.05, 0) is 24.3 Å². The van der Waals surface area contributed by atoms with E-state index in [1.807, 2.05) is 0 Å². The molecule has 0 atom stereocenters. The molecule has 170 valence electrons. The fourth-order valence-corrected chi connectivity index (χ4v) is 2.55. The molecule has 0 fully saturated rings. The molecule has 0 aliphatic rings. The minimum Gasteiger partial charge on any atom is -0.493 e. The van der Waals surface area contributed by atoms with Crippen LogP contribution >= 0.6 is 0 Å². The van der Waals surface area contributed by atoms with Crippen LogP contribution in [0.4, 0.5) is 0 Å². The zero-order valence-electron chi connectivity index (χ0n) is 17.7. The number of carboxylic acid groups (broad SMARTS) is 1. The third-order valence-corrected chi connectivity index (χ3v) is 4.00. The van der Waals surface area contributed by atoms with Crippen LogP contribution in [0, 0.1) is 0 Å². The van der Waals surface area contributed by atoms with E-state index in [0.717, 1.165) is 0 Å². The predicted octanol–water partition coefficient (Wildman–Crippen LogP) is 1.06. The first-order chi connectivity index (χ1) is 15.4. The van der Waals surface area contributed by atoms with Crippen LogP contribution in [0.5, 0.6) is 23.0 Å². The van der Waals surface area contributed by atoms with Crippen molar-refractivity contribution in [3.8, 4) is 23.0 Å². The second-order valence-corrected chi connectivity index (χ2v) is 6.11. The first kappa shape index (κ1) is 24.0. The Kier molecular flexibility index (Phi) is 8.84. The number of aliphatic carboxylic acids is 1. The number of hydrogen-bond donors (Lipinski definition) is 3. The zero-order chi connectivity index (χ0) is 23.5. The van der Waals surface area contributed by atoms with Gasteiger partial charge >= 0.3 is 5.97 Å². The van der Waals surface area contributed by atoms with E-state index in [4.69, 9.17) is 24.1 Å². The van der Waals surface area contributed by atoms with Gasteiger partial charge in [0.15, 0.2) is 18.1 Å². The number of nitrogens with zero attached hydrogens (tertiary/aromatic N) is 1. The molecule has 2 aromatic rings. The third kappa shape index (κ3) is 6.62. The van der Waals surface area contributed by atoms with Gasteiger partial charge in [0.05, 0.1) is 34.1 Å². The number of para-hydroxylation sites is 1. The molecular formula is C21H23N3O8. The highest BCUT2D eigenvalue weighted by Gasteiger charge is 2.17. The topological polar surface area (TPSA) is 145 Å². The number of ether oxygens (including phenoxy) is 4. The number of hydrazone groups is 1. The van der Waals surface area contributed by atoms with Crippen LogP contribution < -0.4 is 29.7 Å². The lowest BCUT2D eigenvalue weighted by atomic mass is 10.1. The van der Waals surface area contributed by atoms with Gasteiger partial charge in [-0.1, -0.05) is 12.1 Å². The molecule has 11 heteroatoms. The van der Waals surface area contributed by atoms with Crippen LogP contribution in [-0.4, -0.2) is 63.6 Å². The SMILES string of the molecule is COc1cc(C(=O)NCC(=O)N/N=C\c2ccccc2OCC(=O)O)cc(OC)c1OC. The van der Waals surface area contributed by atoms with Gasteiger partial charge in [0.25, 0.3) is 11.8 Å². The van der Waals surface area contributed by atoms with Crippen LogP contribution in [0.2, 0.25) is 0 Å². The smallest absolute Gasteiger partial charge is 0.341 e. The number of rotatable bonds is 11. The Morgan fingerprint density at radius 3 is 2.25 bits per heavy atom. The molecule has 0 unspecified atom stereocenters. The lowest BCUT2D eigenvalue weighted by Crippen LogP contribution is -2.35. The molecule has 11 nitrogen and oxygen atoms in total. The van der Waals surface area contributed by atoms with E-state index in [1.165, 1.54) is 39.7 Å². The minimum absolute atomic E-state index is 0.209. The van der Waals surface area contributed by atoms with E-state index in [2.05, 4.69) is 15.8 Å². The van der Waals surface area contributed by atoms with Crippen molar-refractivity contribution in [3.05, 3.63) is 47.5 Å². The average Bonchev–Trinajstić information content (AvgIpc) is 2.80. The molecule has 2 rings (SSSR count). The third-order valence-electron chi connectivity index (χ3n) is 4.00. The fourth-order valence-electron chi connectivity index (χ4n) is 2.55. The Morgan fingerprint density at radius 2 is 1.66 bits per heavy atom. The monoisotopic (exact) mass is 445 g/mol. The number of hydrogen-bond acceptors (Lipinski definition) is 8.